The van der Waals surface area contributed by atoms with Crippen LogP contribution in [0, 0.1) is 0 Å². The van der Waals surface area contributed by atoms with Crippen molar-refractivity contribution in [2.45, 2.75) is 0 Å². The fourth-order valence-corrected chi connectivity index (χ4v) is 12.3. The lowest BCUT2D eigenvalue weighted by molar-refractivity contribution is 1.02. The molecule has 0 fully saturated rings. The Kier molecular flexibility index (Phi) is 7.63. The highest BCUT2D eigenvalue weighted by Gasteiger charge is 2.25. The first kappa shape index (κ1) is 36.7. The molecular formula is C62H36N4S. The van der Waals surface area contributed by atoms with E-state index in [0.717, 1.165) is 44.3 Å². The summed E-state index contributed by atoms with van der Waals surface area (Å²) >= 11 is 1.87. The molecule has 0 spiro atoms. The van der Waals surface area contributed by atoms with Gasteiger partial charge in [-0.05, 0) is 98.0 Å². The number of para-hydroxylation sites is 3. The quantitative estimate of drug-likeness (QED) is 0.165. The molecule has 67 heavy (non-hydrogen) atoms. The minimum absolute atomic E-state index is 0.661. The molecule has 15 aromatic rings. The molecule has 0 aliphatic carbocycles. The molecule has 4 heterocycles. The lowest BCUT2D eigenvalue weighted by atomic mass is 9.97. The van der Waals surface area contributed by atoms with Gasteiger partial charge < -0.3 is 4.57 Å². The molecule has 310 valence electrons. The van der Waals surface area contributed by atoms with Gasteiger partial charge in [0.25, 0.3) is 0 Å². The number of hydrogen-bond donors (Lipinski definition) is 0. The zero-order chi connectivity index (χ0) is 43.7. The molecule has 0 radical (unpaired) electrons. The normalized spacial score (nSPS) is 12.2. The van der Waals surface area contributed by atoms with E-state index in [0.29, 0.717) is 5.95 Å². The topological polar surface area (TPSA) is 35.6 Å². The Hall–Kier alpha value is -8.64. The number of rotatable bonds is 4. The summed E-state index contributed by atoms with van der Waals surface area (Å²) in [6.07, 6.45) is 0. The fourth-order valence-electron chi connectivity index (χ4n) is 11.1. The van der Waals surface area contributed by atoms with Gasteiger partial charge in [-0.1, -0.05) is 164 Å². The zero-order valence-electron chi connectivity index (χ0n) is 36.0. The van der Waals surface area contributed by atoms with Crippen LogP contribution in [-0.2, 0) is 0 Å². The van der Waals surface area contributed by atoms with E-state index in [-0.39, 0.29) is 0 Å². The van der Waals surface area contributed by atoms with Crippen LogP contribution in [0.1, 0.15) is 0 Å². The summed E-state index contributed by atoms with van der Waals surface area (Å²) in [5.74, 6) is 0.661. The van der Waals surface area contributed by atoms with Crippen molar-refractivity contribution in [3.63, 3.8) is 0 Å². The van der Waals surface area contributed by atoms with Crippen LogP contribution >= 0.6 is 11.3 Å². The van der Waals surface area contributed by atoms with Gasteiger partial charge in [0.05, 0.1) is 38.0 Å². The number of benzene rings is 11. The van der Waals surface area contributed by atoms with Gasteiger partial charge in [0.15, 0.2) is 0 Å². The Morgan fingerprint density at radius 1 is 0.343 bits per heavy atom. The van der Waals surface area contributed by atoms with Crippen molar-refractivity contribution in [2.75, 3.05) is 0 Å². The summed E-state index contributed by atoms with van der Waals surface area (Å²) in [4.78, 5) is 11.2. The first-order valence-electron chi connectivity index (χ1n) is 22.8. The van der Waals surface area contributed by atoms with Crippen molar-refractivity contribution >= 4 is 118 Å². The van der Waals surface area contributed by atoms with Gasteiger partial charge in [0, 0.05) is 53.7 Å². The summed E-state index contributed by atoms with van der Waals surface area (Å²) in [5, 5.41) is 15.7. The van der Waals surface area contributed by atoms with Gasteiger partial charge in [-0.2, -0.15) is 0 Å². The van der Waals surface area contributed by atoms with E-state index in [1.165, 1.54) is 90.8 Å². The van der Waals surface area contributed by atoms with Crippen molar-refractivity contribution in [1.82, 2.24) is 19.1 Å². The monoisotopic (exact) mass is 868 g/mol. The van der Waals surface area contributed by atoms with Gasteiger partial charge >= 0.3 is 0 Å². The predicted octanol–water partition coefficient (Wildman–Crippen LogP) is 17.0. The van der Waals surface area contributed by atoms with Crippen molar-refractivity contribution in [1.29, 1.82) is 0 Å². The predicted molar refractivity (Wildman–Crippen MR) is 284 cm³/mol. The molecule has 4 nitrogen and oxygen atoms in total. The van der Waals surface area contributed by atoms with Crippen LogP contribution in [0.15, 0.2) is 218 Å². The summed E-state index contributed by atoms with van der Waals surface area (Å²) in [6, 6.07) is 79.5. The first-order chi connectivity index (χ1) is 33.2. The van der Waals surface area contributed by atoms with Gasteiger partial charge in [-0.15, -0.1) is 11.3 Å². The molecule has 0 saturated carbocycles. The molecule has 0 aliphatic heterocycles. The molecule has 0 aliphatic rings. The van der Waals surface area contributed by atoms with Crippen molar-refractivity contribution in [3.8, 4) is 34.0 Å². The molecule has 0 unspecified atom stereocenters. The maximum atomic E-state index is 5.69. The van der Waals surface area contributed by atoms with E-state index < -0.39 is 0 Å². The Morgan fingerprint density at radius 2 is 0.955 bits per heavy atom. The lowest BCUT2D eigenvalue weighted by Gasteiger charge is -2.14. The SMILES string of the molecule is c1ccc(-n2c3ccccc3c3ccc(-c4ccc5sc6c(c5c4)c4ccccc4c4c5ccccc5n(-c5nc(-c7ccc8ccccc8c7)c7c(ccc8ccccc87)n5)c64)cc32)cc1. The Morgan fingerprint density at radius 3 is 1.79 bits per heavy atom. The van der Waals surface area contributed by atoms with Crippen molar-refractivity contribution < 1.29 is 0 Å². The molecule has 5 heteroatoms. The van der Waals surface area contributed by atoms with E-state index in [1.54, 1.807) is 0 Å². The van der Waals surface area contributed by atoms with E-state index in [2.05, 4.69) is 228 Å². The Balaban J connectivity index is 1.02. The van der Waals surface area contributed by atoms with Crippen LogP contribution in [0.2, 0.25) is 0 Å². The van der Waals surface area contributed by atoms with E-state index in [9.17, 15) is 0 Å². The summed E-state index contributed by atoms with van der Waals surface area (Å²) in [7, 11) is 0. The number of fused-ring (bicyclic) bond motifs is 17. The lowest BCUT2D eigenvalue weighted by Crippen LogP contribution is -2.04. The largest absolute Gasteiger partial charge is 0.309 e. The fraction of sp³-hybridized carbons (Fsp3) is 0. The number of nitrogens with zero attached hydrogens (tertiary/aromatic N) is 4. The maximum Gasteiger partial charge on any atom is 0.235 e. The van der Waals surface area contributed by atoms with Gasteiger partial charge in [0.1, 0.15) is 0 Å². The Bertz CT molecular complexity index is 4570. The van der Waals surface area contributed by atoms with Crippen LogP contribution < -0.4 is 0 Å². The third-order valence-electron chi connectivity index (χ3n) is 14.1. The smallest absolute Gasteiger partial charge is 0.235 e. The van der Waals surface area contributed by atoms with E-state index in [1.807, 2.05) is 11.3 Å². The maximum absolute atomic E-state index is 5.69. The Labute approximate surface area is 387 Å². The number of hydrogen-bond acceptors (Lipinski definition) is 3. The molecule has 0 N–H and O–H groups in total. The molecule has 0 atom stereocenters. The van der Waals surface area contributed by atoms with Crippen LogP contribution in [0.25, 0.3) is 141 Å². The van der Waals surface area contributed by atoms with Gasteiger partial charge in [-0.3, -0.25) is 4.57 Å². The molecule has 4 aromatic heterocycles. The standard InChI is InChI=1S/C62H36N4S/c1-2-17-43(18-3-1)65-52-24-12-10-20-45(52)46-31-28-41(36-54(46)65)40-30-33-55-50(35-40)57-48-22-9-8-21-47(48)56-49-23-11-13-25-53(49)66(60(56)61(57)67-55)62-63-51-32-29-38-15-6-7-19-44(38)58(51)59(64-62)42-27-26-37-14-4-5-16-39(37)34-42/h1-36H. The highest BCUT2D eigenvalue weighted by molar-refractivity contribution is 7.27. The second-order valence-corrected chi connectivity index (χ2v) is 18.7. The summed E-state index contributed by atoms with van der Waals surface area (Å²) in [5.41, 5.74) is 11.1. The molecular weight excluding hydrogens is 833 g/mol. The van der Waals surface area contributed by atoms with Gasteiger partial charge in [-0.25, -0.2) is 9.97 Å². The van der Waals surface area contributed by atoms with Crippen LogP contribution in [0.4, 0.5) is 0 Å². The van der Waals surface area contributed by atoms with E-state index >= 15 is 0 Å². The average molecular weight is 869 g/mol. The second kappa shape index (κ2) is 13.9. The van der Waals surface area contributed by atoms with Crippen molar-refractivity contribution in [2.24, 2.45) is 0 Å². The van der Waals surface area contributed by atoms with Crippen LogP contribution in [-0.4, -0.2) is 19.1 Å². The minimum atomic E-state index is 0.661. The zero-order valence-corrected chi connectivity index (χ0v) is 36.8. The van der Waals surface area contributed by atoms with Crippen molar-refractivity contribution in [3.05, 3.63) is 218 Å². The molecule has 0 saturated heterocycles. The first-order valence-corrected chi connectivity index (χ1v) is 23.6. The molecule has 15 rings (SSSR count). The van der Waals surface area contributed by atoms with Gasteiger partial charge in [0.2, 0.25) is 5.95 Å². The molecule has 11 aromatic carbocycles. The van der Waals surface area contributed by atoms with Crippen LogP contribution in [0.5, 0.6) is 0 Å². The highest BCUT2D eigenvalue weighted by Crippen LogP contribution is 2.49. The summed E-state index contributed by atoms with van der Waals surface area (Å²) < 4.78 is 7.23. The number of aromatic nitrogens is 4. The highest BCUT2D eigenvalue weighted by atomic mass is 32.1. The molecule has 0 bridgehead atoms. The second-order valence-electron chi connectivity index (χ2n) is 17.7. The van der Waals surface area contributed by atoms with E-state index in [4.69, 9.17) is 9.97 Å². The third kappa shape index (κ3) is 5.29. The minimum Gasteiger partial charge on any atom is -0.309 e. The number of thiophene rings is 1. The summed E-state index contributed by atoms with van der Waals surface area (Å²) in [6.45, 7) is 0. The van der Waals surface area contributed by atoms with Crippen LogP contribution in [0.3, 0.4) is 0 Å². The third-order valence-corrected chi connectivity index (χ3v) is 15.2. The average Bonchev–Trinajstić information content (AvgIpc) is 4.06. The molecule has 0 amide bonds.